The quantitative estimate of drug-likeness (QED) is 0.653. The molecular weight excluding hydrogens is 397 g/mol. The van der Waals surface area contributed by atoms with Crippen molar-refractivity contribution in [2.24, 2.45) is 0 Å². The summed E-state index contributed by atoms with van der Waals surface area (Å²) in [5, 5.41) is 0. The number of hydrogen-bond acceptors (Lipinski definition) is 5. The predicted octanol–water partition coefficient (Wildman–Crippen LogP) is 3.77. The Morgan fingerprint density at radius 3 is 2.63 bits per heavy atom. The van der Waals surface area contributed by atoms with Gasteiger partial charge in [0.05, 0.1) is 30.1 Å². The molecule has 1 aromatic carbocycles. The SMILES string of the molecule is O=C(c1ccccn1)N1CCO[C@@H](c2nccnc2-c2cccc(C(F)(F)F)c2)C1. The number of rotatable bonds is 3. The van der Waals surface area contributed by atoms with Gasteiger partial charge in [0.25, 0.3) is 5.91 Å². The van der Waals surface area contributed by atoms with Gasteiger partial charge in [-0.25, -0.2) is 0 Å². The fourth-order valence-corrected chi connectivity index (χ4v) is 3.30. The van der Waals surface area contributed by atoms with Gasteiger partial charge in [-0.3, -0.25) is 19.7 Å². The van der Waals surface area contributed by atoms with Crippen LogP contribution in [0, 0.1) is 0 Å². The molecule has 0 aliphatic carbocycles. The Bertz CT molecular complexity index is 1040. The second-order valence-corrected chi connectivity index (χ2v) is 6.69. The molecule has 30 heavy (non-hydrogen) atoms. The first-order valence-electron chi connectivity index (χ1n) is 9.24. The zero-order chi connectivity index (χ0) is 21.1. The molecule has 154 valence electrons. The van der Waals surface area contributed by atoms with E-state index in [9.17, 15) is 18.0 Å². The Labute approximate surface area is 170 Å². The van der Waals surface area contributed by atoms with E-state index in [1.807, 2.05) is 0 Å². The molecule has 1 amide bonds. The van der Waals surface area contributed by atoms with Gasteiger partial charge >= 0.3 is 6.18 Å². The van der Waals surface area contributed by atoms with Crippen LogP contribution in [-0.4, -0.2) is 45.5 Å². The van der Waals surface area contributed by atoms with Crippen molar-refractivity contribution < 1.29 is 22.7 Å². The Hall–Kier alpha value is -3.33. The van der Waals surface area contributed by atoms with Crippen LogP contribution in [0.25, 0.3) is 11.3 Å². The van der Waals surface area contributed by atoms with Crippen LogP contribution in [0.4, 0.5) is 13.2 Å². The van der Waals surface area contributed by atoms with Crippen molar-refractivity contribution in [1.29, 1.82) is 0 Å². The second kappa shape index (κ2) is 8.19. The zero-order valence-corrected chi connectivity index (χ0v) is 15.7. The van der Waals surface area contributed by atoms with Crippen LogP contribution in [0.1, 0.15) is 27.8 Å². The number of hydrogen-bond donors (Lipinski definition) is 0. The Morgan fingerprint density at radius 2 is 1.87 bits per heavy atom. The van der Waals surface area contributed by atoms with E-state index >= 15 is 0 Å². The van der Waals surface area contributed by atoms with Crippen molar-refractivity contribution in [2.75, 3.05) is 19.7 Å². The van der Waals surface area contributed by atoms with E-state index in [0.29, 0.717) is 23.6 Å². The number of carbonyl (C=O) groups is 1. The maximum atomic E-state index is 13.1. The maximum absolute atomic E-state index is 13.1. The second-order valence-electron chi connectivity index (χ2n) is 6.69. The van der Waals surface area contributed by atoms with Crippen LogP contribution in [-0.2, 0) is 10.9 Å². The molecule has 9 heteroatoms. The minimum atomic E-state index is -4.47. The third-order valence-electron chi connectivity index (χ3n) is 4.73. The van der Waals surface area contributed by atoms with Crippen molar-refractivity contribution in [2.45, 2.75) is 12.3 Å². The smallest absolute Gasteiger partial charge is 0.368 e. The van der Waals surface area contributed by atoms with Crippen LogP contribution < -0.4 is 0 Å². The van der Waals surface area contributed by atoms with Gasteiger partial charge in [-0.05, 0) is 24.3 Å². The molecule has 0 unspecified atom stereocenters. The highest BCUT2D eigenvalue weighted by Gasteiger charge is 2.32. The fraction of sp³-hybridized carbons (Fsp3) is 0.238. The third kappa shape index (κ3) is 4.16. The molecule has 4 rings (SSSR count). The molecule has 6 nitrogen and oxygen atoms in total. The Morgan fingerprint density at radius 1 is 1.03 bits per heavy atom. The van der Waals surface area contributed by atoms with E-state index in [1.54, 1.807) is 35.4 Å². The van der Waals surface area contributed by atoms with Gasteiger partial charge in [-0.15, -0.1) is 0 Å². The summed E-state index contributed by atoms with van der Waals surface area (Å²) in [5.74, 6) is -0.242. The molecule has 0 saturated carbocycles. The van der Waals surface area contributed by atoms with E-state index in [0.717, 1.165) is 12.1 Å². The largest absolute Gasteiger partial charge is 0.416 e. The summed E-state index contributed by atoms with van der Waals surface area (Å²) in [6.45, 7) is 0.840. The molecule has 0 N–H and O–H groups in total. The first-order valence-corrected chi connectivity index (χ1v) is 9.24. The fourth-order valence-electron chi connectivity index (χ4n) is 3.30. The molecule has 3 heterocycles. The number of pyridine rings is 1. The van der Waals surface area contributed by atoms with Crippen molar-refractivity contribution in [1.82, 2.24) is 19.9 Å². The number of halogens is 3. The van der Waals surface area contributed by atoms with E-state index in [1.165, 1.54) is 18.5 Å². The summed E-state index contributed by atoms with van der Waals surface area (Å²) >= 11 is 0. The monoisotopic (exact) mass is 414 g/mol. The van der Waals surface area contributed by atoms with Gasteiger partial charge < -0.3 is 9.64 Å². The zero-order valence-electron chi connectivity index (χ0n) is 15.7. The molecule has 1 aliphatic heterocycles. The van der Waals surface area contributed by atoms with Gasteiger partial charge in [0.2, 0.25) is 0 Å². The summed E-state index contributed by atoms with van der Waals surface area (Å²) in [5.41, 5.74) is 0.504. The topological polar surface area (TPSA) is 68.2 Å². The van der Waals surface area contributed by atoms with Gasteiger partial charge in [0.15, 0.2) is 0 Å². The lowest BCUT2D eigenvalue weighted by molar-refractivity contribution is -0.137. The minimum absolute atomic E-state index is 0.195. The van der Waals surface area contributed by atoms with Gasteiger partial charge in [-0.1, -0.05) is 18.2 Å². The molecular formula is C21H17F3N4O2. The third-order valence-corrected chi connectivity index (χ3v) is 4.73. The number of ether oxygens (including phenoxy) is 1. The van der Waals surface area contributed by atoms with Crippen LogP contribution in [0.3, 0.4) is 0 Å². The number of carbonyl (C=O) groups excluding carboxylic acids is 1. The molecule has 0 bridgehead atoms. The van der Waals surface area contributed by atoms with E-state index < -0.39 is 17.8 Å². The average Bonchev–Trinajstić information content (AvgIpc) is 2.79. The molecule has 0 radical (unpaired) electrons. The Balaban J connectivity index is 1.63. The summed E-state index contributed by atoms with van der Waals surface area (Å²) in [7, 11) is 0. The number of nitrogens with zero attached hydrogens (tertiary/aromatic N) is 4. The number of alkyl halides is 3. The van der Waals surface area contributed by atoms with E-state index in [-0.39, 0.29) is 24.6 Å². The lowest BCUT2D eigenvalue weighted by Gasteiger charge is -2.33. The highest BCUT2D eigenvalue weighted by molar-refractivity contribution is 5.92. The van der Waals surface area contributed by atoms with Crippen LogP contribution in [0.2, 0.25) is 0 Å². The molecule has 2 aromatic heterocycles. The molecule has 1 saturated heterocycles. The highest BCUT2D eigenvalue weighted by atomic mass is 19.4. The first-order chi connectivity index (χ1) is 14.4. The molecule has 1 atom stereocenters. The predicted molar refractivity (Wildman–Crippen MR) is 101 cm³/mol. The van der Waals surface area contributed by atoms with E-state index in [4.69, 9.17) is 4.74 Å². The average molecular weight is 414 g/mol. The lowest BCUT2D eigenvalue weighted by Crippen LogP contribution is -2.42. The standard InChI is InChI=1S/C21H17F3N4O2/c22-21(23,24)15-5-3-4-14(12-15)18-19(27-9-8-26-18)17-13-28(10-11-30-17)20(29)16-6-1-2-7-25-16/h1-9,12,17H,10-11,13H2/t17-/m1/s1. The number of morpholine rings is 1. The summed E-state index contributed by atoms with van der Waals surface area (Å²) in [6, 6.07) is 9.99. The normalized spacial score (nSPS) is 17.0. The van der Waals surface area contributed by atoms with Crippen LogP contribution in [0.15, 0.2) is 61.1 Å². The van der Waals surface area contributed by atoms with Crippen LogP contribution in [0.5, 0.6) is 0 Å². The molecule has 3 aromatic rings. The van der Waals surface area contributed by atoms with Crippen molar-refractivity contribution >= 4 is 5.91 Å². The molecule has 0 spiro atoms. The maximum Gasteiger partial charge on any atom is 0.416 e. The van der Waals surface area contributed by atoms with Crippen molar-refractivity contribution in [3.05, 3.63) is 78.0 Å². The molecule has 1 fully saturated rings. The first kappa shape index (κ1) is 20.0. The van der Waals surface area contributed by atoms with Crippen molar-refractivity contribution in [3.63, 3.8) is 0 Å². The van der Waals surface area contributed by atoms with Gasteiger partial charge in [0, 0.05) is 30.7 Å². The van der Waals surface area contributed by atoms with Crippen molar-refractivity contribution in [3.8, 4) is 11.3 Å². The number of amides is 1. The summed E-state index contributed by atoms with van der Waals surface area (Å²) < 4.78 is 45.2. The van der Waals surface area contributed by atoms with Crippen LogP contribution >= 0.6 is 0 Å². The Kier molecular flexibility index (Phi) is 5.45. The summed E-state index contributed by atoms with van der Waals surface area (Å²) in [4.78, 5) is 27.0. The van der Waals surface area contributed by atoms with Gasteiger partial charge in [0.1, 0.15) is 11.8 Å². The number of aromatic nitrogens is 3. The summed E-state index contributed by atoms with van der Waals surface area (Å²) in [6.07, 6.45) is -0.677. The van der Waals surface area contributed by atoms with Gasteiger partial charge in [-0.2, -0.15) is 13.2 Å². The lowest BCUT2D eigenvalue weighted by atomic mass is 10.0. The minimum Gasteiger partial charge on any atom is -0.368 e. The van der Waals surface area contributed by atoms with E-state index in [2.05, 4.69) is 15.0 Å². The highest BCUT2D eigenvalue weighted by Crippen LogP contribution is 2.34. The number of benzene rings is 1. The molecule has 1 aliphatic rings.